The number of nitrogens with zero attached hydrogens (tertiary/aromatic N) is 3. The summed E-state index contributed by atoms with van der Waals surface area (Å²) in [6, 6.07) is 5.58. The Balaban J connectivity index is 1.34. The van der Waals surface area contributed by atoms with Gasteiger partial charge in [-0.2, -0.15) is 11.3 Å². The van der Waals surface area contributed by atoms with Gasteiger partial charge in [0.2, 0.25) is 5.91 Å². The number of amides is 2. The highest BCUT2D eigenvalue weighted by Crippen LogP contribution is 2.06. The molecule has 0 fully saturated rings. The standard InChI is InChI=1S/C18H19N5O2S/c24-17(2-1-6-20-18(25)15-5-9-26-12-15)22-11-14-3-4-16(21-10-14)23-8-7-19-13-23/h3-5,7-10,12-13H,1-2,6,11H2,(H,20,25)(H,22,24). The van der Waals surface area contributed by atoms with Crippen LogP contribution >= 0.6 is 11.3 Å². The number of pyridine rings is 1. The summed E-state index contributed by atoms with van der Waals surface area (Å²) >= 11 is 1.48. The van der Waals surface area contributed by atoms with E-state index in [4.69, 9.17) is 0 Å². The number of aromatic nitrogens is 3. The lowest BCUT2D eigenvalue weighted by Crippen LogP contribution is -2.27. The van der Waals surface area contributed by atoms with Gasteiger partial charge in [0.15, 0.2) is 0 Å². The van der Waals surface area contributed by atoms with Crippen molar-refractivity contribution in [1.29, 1.82) is 0 Å². The van der Waals surface area contributed by atoms with Crippen LogP contribution in [0, 0.1) is 0 Å². The molecule has 0 aromatic carbocycles. The van der Waals surface area contributed by atoms with Crippen LogP contribution in [0.1, 0.15) is 28.8 Å². The second kappa shape index (κ2) is 8.91. The average molecular weight is 369 g/mol. The third-order valence-corrected chi connectivity index (χ3v) is 4.40. The molecule has 0 aliphatic heterocycles. The van der Waals surface area contributed by atoms with Crippen LogP contribution < -0.4 is 10.6 Å². The van der Waals surface area contributed by atoms with E-state index < -0.39 is 0 Å². The fourth-order valence-corrected chi connectivity index (χ4v) is 2.94. The van der Waals surface area contributed by atoms with Crippen molar-refractivity contribution in [3.8, 4) is 5.82 Å². The minimum Gasteiger partial charge on any atom is -0.352 e. The van der Waals surface area contributed by atoms with Gasteiger partial charge in [-0.05, 0) is 29.5 Å². The smallest absolute Gasteiger partial charge is 0.252 e. The maximum Gasteiger partial charge on any atom is 0.252 e. The number of carbonyl (C=O) groups excluding carboxylic acids is 2. The van der Waals surface area contributed by atoms with Crippen LogP contribution in [0.4, 0.5) is 0 Å². The SMILES string of the molecule is O=C(CCCNC(=O)c1ccsc1)NCc1ccc(-n2ccnc2)nc1. The number of rotatable bonds is 8. The molecular formula is C18H19N5O2S. The molecule has 0 saturated carbocycles. The normalized spacial score (nSPS) is 10.5. The van der Waals surface area contributed by atoms with Crippen LogP contribution in [-0.4, -0.2) is 32.9 Å². The molecule has 2 N–H and O–H groups in total. The molecule has 0 spiro atoms. The Labute approximate surface area is 155 Å². The van der Waals surface area contributed by atoms with Crippen LogP contribution in [-0.2, 0) is 11.3 Å². The van der Waals surface area contributed by atoms with Gasteiger partial charge in [0, 0.05) is 49.0 Å². The van der Waals surface area contributed by atoms with Crippen LogP contribution in [0.2, 0.25) is 0 Å². The lowest BCUT2D eigenvalue weighted by molar-refractivity contribution is -0.121. The van der Waals surface area contributed by atoms with Crippen LogP contribution in [0.3, 0.4) is 0 Å². The molecule has 0 saturated heterocycles. The van der Waals surface area contributed by atoms with Crippen molar-refractivity contribution in [2.75, 3.05) is 6.54 Å². The van der Waals surface area contributed by atoms with Gasteiger partial charge >= 0.3 is 0 Å². The molecule has 3 rings (SSSR count). The van der Waals surface area contributed by atoms with E-state index in [1.807, 2.05) is 28.3 Å². The summed E-state index contributed by atoms with van der Waals surface area (Å²) in [7, 11) is 0. The topological polar surface area (TPSA) is 88.9 Å². The van der Waals surface area contributed by atoms with E-state index in [2.05, 4.69) is 20.6 Å². The Morgan fingerprint density at radius 2 is 2.12 bits per heavy atom. The van der Waals surface area contributed by atoms with E-state index in [0.29, 0.717) is 31.5 Å². The molecule has 3 aromatic heterocycles. The maximum absolute atomic E-state index is 11.9. The summed E-state index contributed by atoms with van der Waals surface area (Å²) in [4.78, 5) is 32.0. The Bertz CT molecular complexity index is 829. The molecule has 8 heteroatoms. The second-order valence-electron chi connectivity index (χ2n) is 5.64. The van der Waals surface area contributed by atoms with E-state index >= 15 is 0 Å². The first-order valence-corrected chi connectivity index (χ1v) is 9.17. The monoisotopic (exact) mass is 369 g/mol. The minimum absolute atomic E-state index is 0.0477. The summed E-state index contributed by atoms with van der Waals surface area (Å²) < 4.78 is 1.81. The molecule has 0 radical (unpaired) electrons. The van der Waals surface area contributed by atoms with Gasteiger partial charge in [0.25, 0.3) is 5.91 Å². The molecule has 7 nitrogen and oxygen atoms in total. The van der Waals surface area contributed by atoms with E-state index in [9.17, 15) is 9.59 Å². The summed E-state index contributed by atoms with van der Waals surface area (Å²) in [6.45, 7) is 0.903. The highest BCUT2D eigenvalue weighted by Gasteiger charge is 2.06. The summed E-state index contributed by atoms with van der Waals surface area (Å²) in [5, 5.41) is 9.32. The van der Waals surface area contributed by atoms with E-state index in [1.54, 1.807) is 30.2 Å². The van der Waals surface area contributed by atoms with Crippen molar-refractivity contribution in [3.05, 3.63) is 65.0 Å². The third-order valence-electron chi connectivity index (χ3n) is 3.72. The first-order valence-electron chi connectivity index (χ1n) is 8.23. The lowest BCUT2D eigenvalue weighted by atomic mass is 10.2. The number of hydrogen-bond acceptors (Lipinski definition) is 5. The summed E-state index contributed by atoms with van der Waals surface area (Å²) in [6.07, 6.45) is 7.89. The average Bonchev–Trinajstić information content (AvgIpc) is 3.37. The molecule has 0 unspecified atom stereocenters. The zero-order chi connectivity index (χ0) is 18.2. The van der Waals surface area contributed by atoms with Crippen LogP contribution in [0.25, 0.3) is 5.82 Å². The fourth-order valence-electron chi connectivity index (χ4n) is 2.30. The molecule has 134 valence electrons. The zero-order valence-corrected chi connectivity index (χ0v) is 14.9. The van der Waals surface area contributed by atoms with E-state index in [-0.39, 0.29) is 11.8 Å². The first-order chi connectivity index (χ1) is 12.7. The Morgan fingerprint density at radius 3 is 2.81 bits per heavy atom. The van der Waals surface area contributed by atoms with Gasteiger partial charge < -0.3 is 10.6 Å². The van der Waals surface area contributed by atoms with Gasteiger partial charge in [-0.25, -0.2) is 9.97 Å². The second-order valence-corrected chi connectivity index (χ2v) is 6.42. The summed E-state index contributed by atoms with van der Waals surface area (Å²) in [5.74, 6) is 0.628. The quantitative estimate of drug-likeness (QED) is 0.596. The number of carbonyl (C=O) groups is 2. The largest absolute Gasteiger partial charge is 0.352 e. The molecule has 0 atom stereocenters. The number of nitrogens with one attached hydrogen (secondary N) is 2. The first kappa shape index (κ1) is 17.8. The van der Waals surface area contributed by atoms with Crippen LogP contribution in [0.15, 0.2) is 53.9 Å². The summed E-state index contributed by atoms with van der Waals surface area (Å²) in [5.41, 5.74) is 1.58. The van der Waals surface area contributed by atoms with E-state index in [0.717, 1.165) is 11.4 Å². The fraction of sp³-hybridized carbons (Fsp3) is 0.222. The molecular weight excluding hydrogens is 350 g/mol. The van der Waals surface area contributed by atoms with Crippen molar-refractivity contribution in [2.24, 2.45) is 0 Å². The molecule has 26 heavy (non-hydrogen) atoms. The van der Waals surface area contributed by atoms with Gasteiger partial charge in [0.05, 0.1) is 0 Å². The highest BCUT2D eigenvalue weighted by molar-refractivity contribution is 7.08. The van der Waals surface area contributed by atoms with Gasteiger partial charge in [0.1, 0.15) is 12.1 Å². The Hall–Kier alpha value is -3.00. The zero-order valence-electron chi connectivity index (χ0n) is 14.1. The number of thiophene rings is 1. The van der Waals surface area contributed by atoms with Crippen molar-refractivity contribution < 1.29 is 9.59 Å². The molecule has 3 aromatic rings. The molecule has 0 aliphatic carbocycles. The van der Waals surface area contributed by atoms with E-state index in [1.165, 1.54) is 11.3 Å². The van der Waals surface area contributed by atoms with Gasteiger partial charge in [-0.1, -0.05) is 6.07 Å². The van der Waals surface area contributed by atoms with Gasteiger partial charge in [-0.15, -0.1) is 0 Å². The number of imidazole rings is 1. The molecule has 0 bridgehead atoms. The Morgan fingerprint density at radius 1 is 1.19 bits per heavy atom. The number of hydrogen-bond donors (Lipinski definition) is 2. The lowest BCUT2D eigenvalue weighted by Gasteiger charge is -2.07. The Kier molecular flexibility index (Phi) is 6.10. The predicted molar refractivity (Wildman–Crippen MR) is 99.1 cm³/mol. The maximum atomic E-state index is 11.9. The molecule has 2 amide bonds. The van der Waals surface area contributed by atoms with Crippen molar-refractivity contribution in [1.82, 2.24) is 25.2 Å². The third kappa shape index (κ3) is 5.00. The van der Waals surface area contributed by atoms with Crippen molar-refractivity contribution in [3.63, 3.8) is 0 Å². The predicted octanol–water partition coefficient (Wildman–Crippen LogP) is 2.16. The van der Waals surface area contributed by atoms with Crippen molar-refractivity contribution in [2.45, 2.75) is 19.4 Å². The highest BCUT2D eigenvalue weighted by atomic mass is 32.1. The minimum atomic E-state index is -0.101. The molecule has 0 aliphatic rings. The van der Waals surface area contributed by atoms with Gasteiger partial charge in [-0.3, -0.25) is 14.2 Å². The molecule has 3 heterocycles. The van der Waals surface area contributed by atoms with Crippen molar-refractivity contribution >= 4 is 23.2 Å². The van der Waals surface area contributed by atoms with Crippen LogP contribution in [0.5, 0.6) is 0 Å².